The van der Waals surface area contributed by atoms with Crippen molar-refractivity contribution in [3.8, 4) is 0 Å². The Hall–Kier alpha value is -2.91. The highest BCUT2D eigenvalue weighted by Gasteiger charge is 2.37. The van der Waals surface area contributed by atoms with E-state index in [4.69, 9.17) is 0 Å². The van der Waals surface area contributed by atoms with Gasteiger partial charge in [0, 0.05) is 43.2 Å². The Morgan fingerprint density at radius 2 is 1.78 bits per heavy atom. The molecule has 1 aliphatic rings. The van der Waals surface area contributed by atoms with Gasteiger partial charge in [0.05, 0.1) is 23.1 Å². The van der Waals surface area contributed by atoms with Crippen LogP contribution in [0, 0.1) is 6.92 Å². The molecule has 0 bridgehead atoms. The lowest BCUT2D eigenvalue weighted by Crippen LogP contribution is -2.38. The maximum absolute atomic E-state index is 13.7. The summed E-state index contributed by atoms with van der Waals surface area (Å²) >= 11 is 0. The zero-order valence-electron chi connectivity index (χ0n) is 18.9. The third-order valence-corrected chi connectivity index (χ3v) is 6.17. The second-order valence-electron chi connectivity index (χ2n) is 9.45. The van der Waals surface area contributed by atoms with Gasteiger partial charge in [-0.25, -0.2) is 9.50 Å². The van der Waals surface area contributed by atoms with Crippen LogP contribution in [0.4, 0.5) is 13.2 Å². The molecule has 1 saturated heterocycles. The second kappa shape index (κ2) is 7.60. The van der Waals surface area contributed by atoms with Gasteiger partial charge in [-0.15, -0.1) is 0 Å². The fraction of sp³-hybridized carbons (Fsp3) is 0.545. The predicted octanol–water partition coefficient (Wildman–Crippen LogP) is 4.11. The van der Waals surface area contributed by atoms with E-state index in [0.29, 0.717) is 42.9 Å². The average Bonchev–Trinajstić information content (AvgIpc) is 3.29. The molecule has 0 saturated carbocycles. The Labute approximate surface area is 184 Å². The Morgan fingerprint density at radius 3 is 2.31 bits per heavy atom. The minimum atomic E-state index is -4.54. The molecule has 3 aromatic rings. The van der Waals surface area contributed by atoms with Crippen molar-refractivity contribution in [1.82, 2.24) is 29.3 Å². The normalized spacial score (nSPS) is 16.2. The van der Waals surface area contributed by atoms with Crippen molar-refractivity contribution in [3.05, 3.63) is 46.7 Å². The van der Waals surface area contributed by atoms with Crippen LogP contribution in [0.3, 0.4) is 0 Å². The molecule has 4 heterocycles. The standard InChI is InChI=1S/C22H27F3N6O/c1-13-15(12-26-29(13)5)20(32)30-8-6-14(7-9-30)16-10-19-27-17(21(2,3)4)11-18(22(23,24)25)31(19)28-16/h10-12,14H,6-9H2,1-5H3. The summed E-state index contributed by atoms with van der Waals surface area (Å²) in [5, 5.41) is 8.42. The summed E-state index contributed by atoms with van der Waals surface area (Å²) in [6.45, 7) is 8.37. The van der Waals surface area contributed by atoms with Crippen molar-refractivity contribution in [3.63, 3.8) is 0 Å². The number of fused-ring (bicyclic) bond motifs is 1. The van der Waals surface area contributed by atoms with E-state index in [9.17, 15) is 18.0 Å². The highest BCUT2D eigenvalue weighted by molar-refractivity contribution is 5.95. The van der Waals surface area contributed by atoms with Gasteiger partial charge in [-0.1, -0.05) is 20.8 Å². The molecule has 0 atom stereocenters. The zero-order chi connectivity index (χ0) is 23.4. The SMILES string of the molecule is Cc1c(C(=O)N2CCC(c3cc4nc(C(C)(C)C)cc(C(F)(F)F)n4n3)CC2)cnn1C. The quantitative estimate of drug-likeness (QED) is 0.592. The Kier molecular flexibility index (Phi) is 5.29. The molecule has 7 nitrogen and oxygen atoms in total. The van der Waals surface area contributed by atoms with Gasteiger partial charge in [-0.3, -0.25) is 9.48 Å². The van der Waals surface area contributed by atoms with E-state index in [1.165, 1.54) is 0 Å². The lowest BCUT2D eigenvalue weighted by Gasteiger charge is -2.31. The third-order valence-electron chi connectivity index (χ3n) is 6.17. The summed E-state index contributed by atoms with van der Waals surface area (Å²) in [6, 6.07) is 2.74. The van der Waals surface area contributed by atoms with Crippen LogP contribution < -0.4 is 0 Å². The Balaban J connectivity index is 1.59. The van der Waals surface area contributed by atoms with Crippen molar-refractivity contribution in [2.24, 2.45) is 7.05 Å². The van der Waals surface area contributed by atoms with Crippen LogP contribution in [-0.4, -0.2) is 48.3 Å². The molecule has 1 aliphatic heterocycles. The van der Waals surface area contributed by atoms with Gasteiger partial charge in [-0.05, 0) is 25.8 Å². The molecule has 0 aliphatic carbocycles. The fourth-order valence-corrected chi connectivity index (χ4v) is 4.04. The Bertz CT molecular complexity index is 1160. The number of halogens is 3. The summed E-state index contributed by atoms with van der Waals surface area (Å²) in [4.78, 5) is 19.1. The highest BCUT2D eigenvalue weighted by Crippen LogP contribution is 2.34. The van der Waals surface area contributed by atoms with Crippen molar-refractivity contribution in [2.45, 2.75) is 58.0 Å². The molecular formula is C22H27F3N6O. The van der Waals surface area contributed by atoms with Crippen LogP contribution in [0.2, 0.25) is 0 Å². The number of rotatable bonds is 2. The molecule has 172 valence electrons. The van der Waals surface area contributed by atoms with Crippen LogP contribution in [0.5, 0.6) is 0 Å². The van der Waals surface area contributed by atoms with E-state index in [-0.39, 0.29) is 17.5 Å². The average molecular weight is 448 g/mol. The number of carbonyl (C=O) groups is 1. The van der Waals surface area contributed by atoms with Crippen LogP contribution >= 0.6 is 0 Å². The van der Waals surface area contributed by atoms with Gasteiger partial charge in [-0.2, -0.15) is 23.4 Å². The van der Waals surface area contributed by atoms with E-state index in [2.05, 4.69) is 15.2 Å². The number of aromatic nitrogens is 5. The molecule has 1 amide bonds. The minimum absolute atomic E-state index is 0.0325. The fourth-order valence-electron chi connectivity index (χ4n) is 4.04. The monoisotopic (exact) mass is 448 g/mol. The summed E-state index contributed by atoms with van der Waals surface area (Å²) in [6.07, 6.45) is -1.71. The number of hydrogen-bond donors (Lipinski definition) is 0. The van der Waals surface area contributed by atoms with E-state index in [1.54, 1.807) is 28.9 Å². The van der Waals surface area contributed by atoms with Crippen molar-refractivity contribution < 1.29 is 18.0 Å². The number of amides is 1. The van der Waals surface area contributed by atoms with Gasteiger partial charge in [0.25, 0.3) is 5.91 Å². The first-order valence-corrected chi connectivity index (χ1v) is 10.6. The van der Waals surface area contributed by atoms with E-state index in [1.807, 2.05) is 27.7 Å². The number of carbonyl (C=O) groups excluding carboxylic acids is 1. The molecule has 32 heavy (non-hydrogen) atoms. The van der Waals surface area contributed by atoms with Crippen molar-refractivity contribution in [2.75, 3.05) is 13.1 Å². The summed E-state index contributed by atoms with van der Waals surface area (Å²) in [5.41, 5.74) is 1.19. The lowest BCUT2D eigenvalue weighted by atomic mass is 9.91. The van der Waals surface area contributed by atoms with Crippen LogP contribution in [0.15, 0.2) is 18.3 Å². The minimum Gasteiger partial charge on any atom is -0.338 e. The molecule has 1 fully saturated rings. The number of alkyl halides is 3. The van der Waals surface area contributed by atoms with Gasteiger partial charge in [0.15, 0.2) is 5.65 Å². The van der Waals surface area contributed by atoms with Gasteiger partial charge >= 0.3 is 6.18 Å². The van der Waals surface area contributed by atoms with Crippen LogP contribution in [0.25, 0.3) is 5.65 Å². The van der Waals surface area contributed by atoms with Gasteiger partial charge in [0.2, 0.25) is 0 Å². The van der Waals surface area contributed by atoms with Crippen LogP contribution in [0.1, 0.15) is 72.7 Å². The first-order chi connectivity index (χ1) is 14.9. The summed E-state index contributed by atoms with van der Waals surface area (Å²) in [7, 11) is 1.79. The van der Waals surface area contributed by atoms with Gasteiger partial charge < -0.3 is 4.90 Å². The Morgan fingerprint density at radius 1 is 1.12 bits per heavy atom. The third kappa shape index (κ3) is 3.98. The predicted molar refractivity (Wildman–Crippen MR) is 113 cm³/mol. The van der Waals surface area contributed by atoms with E-state index in [0.717, 1.165) is 16.3 Å². The molecule has 0 aromatic carbocycles. The largest absolute Gasteiger partial charge is 0.433 e. The number of aryl methyl sites for hydroxylation is 1. The number of piperidine rings is 1. The zero-order valence-corrected chi connectivity index (χ0v) is 18.9. The maximum atomic E-state index is 13.7. The molecule has 4 rings (SSSR count). The first kappa shape index (κ1) is 22.3. The van der Waals surface area contributed by atoms with Crippen molar-refractivity contribution in [1.29, 1.82) is 0 Å². The van der Waals surface area contributed by atoms with E-state index >= 15 is 0 Å². The van der Waals surface area contributed by atoms with E-state index < -0.39 is 17.3 Å². The molecule has 0 spiro atoms. The van der Waals surface area contributed by atoms with Crippen molar-refractivity contribution >= 4 is 11.6 Å². The smallest absolute Gasteiger partial charge is 0.338 e. The first-order valence-electron chi connectivity index (χ1n) is 10.6. The second-order valence-corrected chi connectivity index (χ2v) is 9.45. The number of hydrogen-bond acceptors (Lipinski definition) is 4. The topological polar surface area (TPSA) is 68.3 Å². The molecule has 10 heteroatoms. The molecule has 0 N–H and O–H groups in total. The molecular weight excluding hydrogens is 421 g/mol. The molecule has 0 radical (unpaired) electrons. The number of likely N-dealkylation sites (tertiary alicyclic amines) is 1. The van der Waals surface area contributed by atoms with Crippen LogP contribution in [-0.2, 0) is 18.6 Å². The molecule has 3 aromatic heterocycles. The maximum Gasteiger partial charge on any atom is 0.433 e. The number of nitrogens with zero attached hydrogens (tertiary/aromatic N) is 6. The van der Waals surface area contributed by atoms with Gasteiger partial charge in [0.1, 0.15) is 5.69 Å². The summed E-state index contributed by atoms with van der Waals surface area (Å²) in [5.74, 6) is -0.102. The highest BCUT2D eigenvalue weighted by atomic mass is 19.4. The lowest BCUT2D eigenvalue weighted by molar-refractivity contribution is -0.142. The summed E-state index contributed by atoms with van der Waals surface area (Å²) < 4.78 is 43.8. The molecule has 0 unspecified atom stereocenters.